The van der Waals surface area contributed by atoms with Gasteiger partial charge in [-0.2, -0.15) is 43.9 Å². The summed E-state index contributed by atoms with van der Waals surface area (Å²) in [5, 5.41) is 8.16. The van der Waals surface area contributed by atoms with Crippen molar-refractivity contribution in [3.63, 3.8) is 0 Å². The lowest BCUT2D eigenvalue weighted by molar-refractivity contribution is -0.300. The van der Waals surface area contributed by atoms with E-state index >= 15 is 0 Å². The van der Waals surface area contributed by atoms with E-state index in [2.05, 4.69) is 13.8 Å². The van der Waals surface area contributed by atoms with Crippen LogP contribution in [0.2, 0.25) is 0 Å². The largest absolute Gasteiger partial charge is 0.465 e. The summed E-state index contributed by atoms with van der Waals surface area (Å²) in [5.41, 5.74) is 1.43. The highest BCUT2D eigenvalue weighted by molar-refractivity contribution is 5.91. The third kappa shape index (κ3) is 8.38. The number of halogens is 10. The fourth-order valence-corrected chi connectivity index (χ4v) is 2.52. The van der Waals surface area contributed by atoms with Crippen molar-refractivity contribution in [1.29, 1.82) is 0 Å². The minimum atomic E-state index is -6.30. The van der Waals surface area contributed by atoms with E-state index in [-0.39, 0.29) is 11.2 Å². The van der Waals surface area contributed by atoms with Crippen molar-refractivity contribution in [2.24, 2.45) is 5.41 Å². The molecule has 0 saturated carbocycles. The molecule has 176 valence electrons. The van der Waals surface area contributed by atoms with Crippen LogP contribution in [0.25, 0.3) is 0 Å². The number of allylic oxidation sites excluding steroid dienone is 2. The van der Waals surface area contributed by atoms with Crippen LogP contribution in [0.4, 0.5) is 48.7 Å². The molecule has 4 nitrogen and oxygen atoms in total. The average molecular weight is 463 g/mol. The van der Waals surface area contributed by atoms with E-state index in [0.717, 1.165) is 6.42 Å². The van der Waals surface area contributed by atoms with E-state index in [1.165, 1.54) is 5.57 Å². The summed E-state index contributed by atoms with van der Waals surface area (Å²) in [4.78, 5) is 19.9. The van der Waals surface area contributed by atoms with Crippen LogP contribution in [0.5, 0.6) is 0 Å². The van der Waals surface area contributed by atoms with Crippen LogP contribution >= 0.6 is 0 Å². The molecule has 0 saturated heterocycles. The highest BCUT2D eigenvalue weighted by atomic mass is 19.4. The number of carboxylic acid groups (broad SMARTS) is 1. The van der Waals surface area contributed by atoms with Crippen molar-refractivity contribution in [2.45, 2.75) is 57.8 Å². The maximum atomic E-state index is 12.5. The first kappa shape index (κ1) is 28.0. The number of hydrogen-bond donors (Lipinski definition) is 1. The first-order valence-corrected chi connectivity index (χ1v) is 8.08. The van der Waals surface area contributed by atoms with Crippen molar-refractivity contribution in [2.75, 3.05) is 13.1 Å². The van der Waals surface area contributed by atoms with E-state index in [1.807, 2.05) is 6.92 Å². The molecule has 0 aromatic rings. The molecule has 0 heterocycles. The molecule has 1 rings (SSSR count). The predicted octanol–water partition coefficient (Wildman–Crippen LogP) is 5.68. The molecule has 0 aliphatic heterocycles. The fourth-order valence-electron chi connectivity index (χ4n) is 2.52. The Hall–Kier alpha value is -2.02. The number of carbonyl (C=O) groups is 2. The highest BCUT2D eigenvalue weighted by Crippen LogP contribution is 2.39. The normalized spacial score (nSPS) is 17.6. The fraction of sp³-hybridized carbons (Fsp3) is 0.750. The molecular formula is C16H19F10NO3. The molecule has 1 aliphatic rings. The zero-order valence-electron chi connectivity index (χ0n) is 15.9. The third-order valence-corrected chi connectivity index (χ3v) is 3.70. The second-order valence-corrected chi connectivity index (χ2v) is 7.52. The molecule has 1 amide bonds. The number of hydrogen-bond acceptors (Lipinski definition) is 2. The smallest absolute Gasteiger partial charge is 0.455 e. The van der Waals surface area contributed by atoms with Gasteiger partial charge in [0, 0.05) is 6.42 Å². The van der Waals surface area contributed by atoms with Gasteiger partial charge in [-0.05, 0) is 24.8 Å². The second kappa shape index (κ2) is 9.00. The highest BCUT2D eigenvalue weighted by Gasteiger charge is 2.62. The quantitative estimate of drug-likeness (QED) is 0.546. The van der Waals surface area contributed by atoms with Crippen molar-refractivity contribution < 1.29 is 58.6 Å². The van der Waals surface area contributed by atoms with Gasteiger partial charge in [0.25, 0.3) is 0 Å². The lowest BCUT2D eigenvalue weighted by Gasteiger charge is -2.30. The minimum absolute atomic E-state index is 0.204. The maximum Gasteiger partial charge on any atom is 0.455 e. The molecule has 0 spiro atoms. The van der Waals surface area contributed by atoms with E-state index in [4.69, 9.17) is 5.11 Å². The predicted molar refractivity (Wildman–Crippen MR) is 83.4 cm³/mol. The van der Waals surface area contributed by atoms with Gasteiger partial charge in [-0.1, -0.05) is 19.4 Å². The Morgan fingerprint density at radius 2 is 1.30 bits per heavy atom. The maximum absolute atomic E-state index is 12.5. The Morgan fingerprint density at radius 3 is 1.53 bits per heavy atom. The van der Waals surface area contributed by atoms with E-state index in [9.17, 15) is 53.5 Å². The summed E-state index contributed by atoms with van der Waals surface area (Å²) in [7, 11) is 0. The molecule has 0 aromatic carbocycles. The first-order chi connectivity index (χ1) is 13.0. The van der Waals surface area contributed by atoms with Crippen LogP contribution in [0.1, 0.15) is 33.6 Å². The summed E-state index contributed by atoms with van der Waals surface area (Å²) in [6, 6.07) is 0. The van der Waals surface area contributed by atoms with Gasteiger partial charge in [-0.3, -0.25) is 9.69 Å². The molecule has 30 heavy (non-hydrogen) atoms. The van der Waals surface area contributed by atoms with Crippen LogP contribution < -0.4 is 0 Å². The second-order valence-electron chi connectivity index (χ2n) is 7.52. The molecule has 0 unspecified atom stereocenters. The Morgan fingerprint density at radius 1 is 0.933 bits per heavy atom. The minimum Gasteiger partial charge on any atom is -0.465 e. The van der Waals surface area contributed by atoms with Gasteiger partial charge in [0.1, 0.15) is 0 Å². The Balaban J connectivity index is 0.000000696. The van der Waals surface area contributed by atoms with Gasteiger partial charge in [0.2, 0.25) is 0 Å². The van der Waals surface area contributed by atoms with Crippen LogP contribution in [0.3, 0.4) is 0 Å². The van der Waals surface area contributed by atoms with Crippen molar-refractivity contribution in [3.05, 3.63) is 11.6 Å². The van der Waals surface area contributed by atoms with E-state index < -0.39 is 48.3 Å². The van der Waals surface area contributed by atoms with Crippen molar-refractivity contribution in [1.82, 2.24) is 4.90 Å². The molecule has 1 N–H and O–H groups in total. The van der Waals surface area contributed by atoms with Gasteiger partial charge < -0.3 is 5.11 Å². The standard InChI is InChI=1S/C9H14O.C7H5F10NO2/c1-7-4-8(10)6-9(2,3)5-7;8-4(9,6(12,13)14)1-18(3(19)20)2-5(10,11)7(15,16)17/h4H,5-6H2,1-3H3;1-2H2,(H,19,20). The number of ketones is 1. The van der Waals surface area contributed by atoms with Crippen LogP contribution in [0.15, 0.2) is 11.6 Å². The number of amides is 1. The molecule has 0 atom stereocenters. The SMILES string of the molecule is CC1=CC(=O)CC(C)(C)C1.O=C(O)N(CC(F)(F)C(F)(F)F)CC(F)(F)C(F)(F)F. The lowest BCUT2D eigenvalue weighted by atomic mass is 9.77. The van der Waals surface area contributed by atoms with Crippen LogP contribution in [0, 0.1) is 5.41 Å². The van der Waals surface area contributed by atoms with Crippen molar-refractivity contribution in [3.8, 4) is 0 Å². The lowest BCUT2D eigenvalue weighted by Crippen LogP contribution is -2.54. The first-order valence-electron chi connectivity index (χ1n) is 8.08. The number of alkyl halides is 10. The van der Waals surface area contributed by atoms with Crippen LogP contribution in [-0.4, -0.2) is 59.2 Å². The number of rotatable bonds is 4. The summed E-state index contributed by atoms with van der Waals surface area (Å²) in [5.74, 6) is -11.3. The molecular weight excluding hydrogens is 444 g/mol. The molecule has 0 aromatic heterocycles. The Bertz CT molecular complexity index is 637. The van der Waals surface area contributed by atoms with Gasteiger partial charge in [0.05, 0.1) is 13.1 Å². The zero-order valence-corrected chi connectivity index (χ0v) is 15.9. The molecule has 0 fully saturated rings. The summed E-state index contributed by atoms with van der Waals surface area (Å²) in [6.07, 6.45) is -11.8. The number of carbonyl (C=O) groups excluding carboxylic acids is 1. The monoisotopic (exact) mass is 463 g/mol. The topological polar surface area (TPSA) is 57.6 Å². The van der Waals surface area contributed by atoms with Gasteiger partial charge in [-0.15, -0.1) is 0 Å². The average Bonchev–Trinajstić information content (AvgIpc) is 2.41. The Labute approximate surface area is 164 Å². The summed E-state index contributed by atoms with van der Waals surface area (Å²) < 4.78 is 120. The van der Waals surface area contributed by atoms with Crippen molar-refractivity contribution >= 4 is 11.9 Å². The van der Waals surface area contributed by atoms with Gasteiger partial charge >= 0.3 is 30.3 Å². The summed E-state index contributed by atoms with van der Waals surface area (Å²) >= 11 is 0. The molecule has 0 radical (unpaired) electrons. The van der Waals surface area contributed by atoms with E-state index in [1.54, 1.807) is 6.08 Å². The molecule has 1 aliphatic carbocycles. The third-order valence-electron chi connectivity index (χ3n) is 3.70. The Kier molecular flexibility index (Phi) is 8.39. The number of nitrogens with zero attached hydrogens (tertiary/aromatic N) is 1. The summed E-state index contributed by atoms with van der Waals surface area (Å²) in [6.45, 7) is 0.552. The molecule has 14 heteroatoms. The van der Waals surface area contributed by atoms with Gasteiger partial charge in [-0.25, -0.2) is 4.79 Å². The van der Waals surface area contributed by atoms with Crippen LogP contribution in [-0.2, 0) is 4.79 Å². The zero-order chi connectivity index (χ0) is 24.3. The molecule has 0 bridgehead atoms. The van der Waals surface area contributed by atoms with E-state index in [0.29, 0.717) is 6.42 Å². The van der Waals surface area contributed by atoms with Gasteiger partial charge in [0.15, 0.2) is 5.78 Å².